The summed E-state index contributed by atoms with van der Waals surface area (Å²) >= 11 is 3.34. The summed E-state index contributed by atoms with van der Waals surface area (Å²) in [5.74, 6) is 0. The van der Waals surface area contributed by atoms with Crippen LogP contribution in [0.25, 0.3) is 0 Å². The zero-order valence-corrected chi connectivity index (χ0v) is 6.72. The predicted molar refractivity (Wildman–Crippen MR) is 41.7 cm³/mol. The lowest BCUT2D eigenvalue weighted by Gasteiger charge is -1.85. The van der Waals surface area contributed by atoms with Gasteiger partial charge in [0.25, 0.3) is 0 Å². The van der Waals surface area contributed by atoms with Crippen molar-refractivity contribution < 1.29 is 0 Å². The molecule has 0 rings (SSSR count). The first-order valence-corrected chi connectivity index (χ1v) is 3.47. The van der Waals surface area contributed by atoms with Crippen LogP contribution in [0.4, 0.5) is 0 Å². The average Bonchev–Trinajstić information content (AvgIpc) is 1.66. The summed E-state index contributed by atoms with van der Waals surface area (Å²) in [7, 11) is 0. The minimum Gasteiger partial charge on any atom is -0.270 e. The highest BCUT2D eigenvalue weighted by Crippen LogP contribution is 1.97. The first kappa shape index (κ1) is 7.89. The second-order valence-electron chi connectivity index (χ2n) is 1.43. The van der Waals surface area contributed by atoms with Crippen LogP contribution in [0.1, 0.15) is 13.8 Å². The Balaban J connectivity index is 3.34. The first-order valence-electron chi connectivity index (χ1n) is 2.56. The fraction of sp³-hybridized carbons (Fsp3) is 0.500. The van der Waals surface area contributed by atoms with E-state index in [1.165, 1.54) is 0 Å². The van der Waals surface area contributed by atoms with Crippen molar-refractivity contribution in [1.82, 2.24) is 0 Å². The predicted octanol–water partition coefficient (Wildman–Crippen LogP) is 2.37. The highest BCUT2D eigenvalue weighted by molar-refractivity contribution is 9.09. The van der Waals surface area contributed by atoms with E-state index < -0.39 is 0 Å². The minimum atomic E-state index is 0.422. The van der Waals surface area contributed by atoms with Gasteiger partial charge in [-0.05, 0) is 13.8 Å². The van der Waals surface area contributed by atoms with Gasteiger partial charge in [-0.15, -0.1) is 0 Å². The van der Waals surface area contributed by atoms with E-state index in [-0.39, 0.29) is 0 Å². The van der Waals surface area contributed by atoms with E-state index in [4.69, 9.17) is 0 Å². The standard InChI is InChI=1S/C6H10BrN/c1-3-8-5-4-6(2)7/h3-6H,1-2H3/b5-4-,8-3?. The van der Waals surface area contributed by atoms with Gasteiger partial charge < -0.3 is 0 Å². The summed E-state index contributed by atoms with van der Waals surface area (Å²) in [4.78, 5) is 4.30. The van der Waals surface area contributed by atoms with Gasteiger partial charge in [0.1, 0.15) is 0 Å². The number of hydrogen-bond donors (Lipinski definition) is 0. The van der Waals surface area contributed by atoms with Gasteiger partial charge in [0.2, 0.25) is 0 Å². The Morgan fingerprint density at radius 3 is 2.62 bits per heavy atom. The molecule has 0 amide bonds. The molecule has 0 aliphatic heterocycles. The molecule has 0 heterocycles. The molecular weight excluding hydrogens is 166 g/mol. The van der Waals surface area contributed by atoms with Crippen LogP contribution in [0.3, 0.4) is 0 Å². The van der Waals surface area contributed by atoms with Crippen molar-refractivity contribution in [2.75, 3.05) is 0 Å². The molecule has 0 fully saturated rings. The lowest BCUT2D eigenvalue weighted by molar-refractivity contribution is 1.26. The summed E-state index contributed by atoms with van der Waals surface area (Å²) in [5, 5.41) is 0. The number of hydrogen-bond acceptors (Lipinski definition) is 1. The van der Waals surface area contributed by atoms with E-state index >= 15 is 0 Å². The number of allylic oxidation sites excluding steroid dienone is 1. The minimum absolute atomic E-state index is 0.422. The third kappa shape index (κ3) is 5.89. The normalized spacial score (nSPS) is 15.9. The van der Waals surface area contributed by atoms with Crippen LogP contribution in [0.15, 0.2) is 17.3 Å². The molecule has 1 unspecified atom stereocenters. The van der Waals surface area contributed by atoms with Gasteiger partial charge in [-0.2, -0.15) is 0 Å². The van der Waals surface area contributed by atoms with E-state index in [0.717, 1.165) is 0 Å². The maximum absolute atomic E-state index is 3.88. The zero-order chi connectivity index (χ0) is 6.41. The Bertz CT molecular complexity index is 94.7. The Kier molecular flexibility index (Phi) is 4.97. The molecule has 0 spiro atoms. The molecule has 0 aromatic heterocycles. The topological polar surface area (TPSA) is 12.4 Å². The van der Waals surface area contributed by atoms with Gasteiger partial charge in [-0.3, -0.25) is 4.99 Å². The van der Waals surface area contributed by atoms with Crippen LogP contribution in [0.5, 0.6) is 0 Å². The molecule has 46 valence electrons. The Labute approximate surface area is 58.6 Å². The van der Waals surface area contributed by atoms with Crippen molar-refractivity contribution in [2.24, 2.45) is 4.99 Å². The average molecular weight is 176 g/mol. The zero-order valence-electron chi connectivity index (χ0n) is 5.13. The van der Waals surface area contributed by atoms with Gasteiger partial charge in [0.05, 0.1) is 0 Å². The number of rotatable bonds is 2. The van der Waals surface area contributed by atoms with Crippen LogP contribution in [0, 0.1) is 0 Å². The van der Waals surface area contributed by atoms with Gasteiger partial charge in [-0.25, -0.2) is 0 Å². The van der Waals surface area contributed by atoms with Crippen LogP contribution in [0.2, 0.25) is 0 Å². The molecule has 8 heavy (non-hydrogen) atoms. The van der Waals surface area contributed by atoms with Crippen molar-refractivity contribution in [3.05, 3.63) is 12.3 Å². The number of aliphatic imine (C=N–C) groups is 1. The molecule has 1 nitrogen and oxygen atoms in total. The largest absolute Gasteiger partial charge is 0.270 e. The second kappa shape index (κ2) is 5.04. The molecule has 0 bridgehead atoms. The maximum atomic E-state index is 3.88. The summed E-state index contributed by atoms with van der Waals surface area (Å²) in [5.41, 5.74) is 0. The molecule has 0 radical (unpaired) electrons. The van der Waals surface area contributed by atoms with Gasteiger partial charge >= 0.3 is 0 Å². The smallest absolute Gasteiger partial charge is 0.0314 e. The van der Waals surface area contributed by atoms with E-state index in [0.29, 0.717) is 4.83 Å². The Morgan fingerprint density at radius 1 is 1.62 bits per heavy atom. The van der Waals surface area contributed by atoms with E-state index in [1.54, 1.807) is 12.4 Å². The lowest BCUT2D eigenvalue weighted by atomic mass is 10.5. The molecule has 0 saturated carbocycles. The molecule has 2 heteroatoms. The highest BCUT2D eigenvalue weighted by Gasteiger charge is 1.80. The molecule has 0 N–H and O–H groups in total. The van der Waals surface area contributed by atoms with E-state index in [2.05, 4.69) is 20.9 Å². The van der Waals surface area contributed by atoms with Crippen LogP contribution in [-0.2, 0) is 0 Å². The van der Waals surface area contributed by atoms with Gasteiger partial charge in [-0.1, -0.05) is 22.0 Å². The molecule has 0 aromatic rings. The molecule has 0 saturated heterocycles. The third-order valence-electron chi connectivity index (χ3n) is 0.586. The van der Waals surface area contributed by atoms with E-state index in [1.807, 2.05) is 19.9 Å². The van der Waals surface area contributed by atoms with Crippen molar-refractivity contribution in [3.8, 4) is 0 Å². The van der Waals surface area contributed by atoms with Gasteiger partial charge in [0.15, 0.2) is 0 Å². The summed E-state index contributed by atoms with van der Waals surface area (Å²) in [6.07, 6.45) is 5.51. The fourth-order valence-electron chi connectivity index (χ4n) is 0.254. The van der Waals surface area contributed by atoms with Crippen molar-refractivity contribution in [3.63, 3.8) is 0 Å². The van der Waals surface area contributed by atoms with Crippen molar-refractivity contribution >= 4 is 22.1 Å². The number of nitrogens with zero attached hydrogens (tertiary/aromatic N) is 1. The maximum Gasteiger partial charge on any atom is 0.0314 e. The van der Waals surface area contributed by atoms with Crippen LogP contribution < -0.4 is 0 Å². The Hall–Kier alpha value is -0.110. The highest BCUT2D eigenvalue weighted by atomic mass is 79.9. The molecule has 0 aliphatic rings. The number of halogens is 1. The molecule has 0 aliphatic carbocycles. The summed E-state index contributed by atoms with van der Waals surface area (Å²) < 4.78 is 0. The van der Waals surface area contributed by atoms with Crippen LogP contribution in [-0.4, -0.2) is 11.0 Å². The third-order valence-corrected chi connectivity index (χ3v) is 0.892. The van der Waals surface area contributed by atoms with Crippen molar-refractivity contribution in [2.45, 2.75) is 18.7 Å². The SMILES string of the molecule is CC=N/C=C\C(C)Br. The van der Waals surface area contributed by atoms with Crippen LogP contribution >= 0.6 is 15.9 Å². The van der Waals surface area contributed by atoms with E-state index in [9.17, 15) is 0 Å². The Morgan fingerprint density at radius 2 is 2.25 bits per heavy atom. The van der Waals surface area contributed by atoms with Crippen molar-refractivity contribution in [1.29, 1.82) is 0 Å². The quantitative estimate of drug-likeness (QED) is 0.452. The summed E-state index contributed by atoms with van der Waals surface area (Å²) in [6.45, 7) is 3.94. The fourth-order valence-corrected chi connectivity index (χ4v) is 0.391. The molecular formula is C6H10BrN. The summed E-state index contributed by atoms with van der Waals surface area (Å²) in [6, 6.07) is 0. The van der Waals surface area contributed by atoms with Gasteiger partial charge in [0, 0.05) is 17.2 Å². The number of alkyl halides is 1. The first-order chi connectivity index (χ1) is 3.77. The molecule has 0 aromatic carbocycles. The lowest BCUT2D eigenvalue weighted by Crippen LogP contribution is -1.77. The molecule has 1 atom stereocenters. The second-order valence-corrected chi connectivity index (χ2v) is 2.87. The monoisotopic (exact) mass is 175 g/mol.